The highest BCUT2D eigenvalue weighted by molar-refractivity contribution is 6.15. The van der Waals surface area contributed by atoms with Crippen LogP contribution in [0.4, 0.5) is 5.69 Å². The van der Waals surface area contributed by atoms with Gasteiger partial charge in [0.25, 0.3) is 0 Å². The molecule has 26 heavy (non-hydrogen) atoms. The summed E-state index contributed by atoms with van der Waals surface area (Å²) in [5.74, 6) is 0.382. The van der Waals surface area contributed by atoms with Crippen LogP contribution in [0.25, 0.3) is 0 Å². The minimum atomic E-state index is -0.579. The van der Waals surface area contributed by atoms with Gasteiger partial charge in [0.05, 0.1) is 6.61 Å². The number of carbonyl (C=O) groups is 1. The van der Waals surface area contributed by atoms with Crippen LogP contribution >= 0.6 is 0 Å². The standard InChI is InChI=1S/C20H21N3O3/c1-4-26-18-12-15(10-11-17(18)24)13-21-19-14(2)22(3)23(20(19)25)16-8-6-5-7-9-16/h5-13,19H,4H2,1-3H3/p+1/t19-/m1/s1. The normalized spacial score (nSPS) is 17.4. The number of phenols is 1. The second-order valence-corrected chi connectivity index (χ2v) is 5.99. The number of carbonyl (C=O) groups excluding carboxylic acids is 1. The fourth-order valence-electron chi connectivity index (χ4n) is 2.86. The van der Waals surface area contributed by atoms with Crippen molar-refractivity contribution < 1.29 is 19.3 Å². The maximum atomic E-state index is 12.9. The van der Waals surface area contributed by atoms with Crippen molar-refractivity contribution in [2.24, 2.45) is 4.99 Å². The molecule has 0 bridgehead atoms. The Bertz CT molecular complexity index is 875. The molecule has 3 rings (SSSR count). The van der Waals surface area contributed by atoms with Gasteiger partial charge in [-0.2, -0.15) is 0 Å². The predicted octanol–water partition coefficient (Wildman–Crippen LogP) is 2.64. The Labute approximate surface area is 152 Å². The lowest BCUT2D eigenvalue weighted by molar-refractivity contribution is -0.495. The van der Waals surface area contributed by atoms with Crippen molar-refractivity contribution in [2.45, 2.75) is 19.9 Å². The number of anilines is 1. The number of hydrogen-bond donors (Lipinski definition) is 1. The van der Waals surface area contributed by atoms with E-state index in [1.54, 1.807) is 29.4 Å². The zero-order chi connectivity index (χ0) is 18.7. The molecule has 0 aromatic heterocycles. The monoisotopic (exact) mass is 352 g/mol. The molecule has 6 heteroatoms. The average Bonchev–Trinajstić information content (AvgIpc) is 2.86. The van der Waals surface area contributed by atoms with Crippen LogP contribution in [-0.4, -0.2) is 47.3 Å². The number of rotatable bonds is 5. The lowest BCUT2D eigenvalue weighted by atomic mass is 10.2. The number of aliphatic imine (C=N–C) groups is 1. The number of aromatic hydroxyl groups is 1. The number of hydrazine groups is 1. The number of para-hydroxylation sites is 1. The van der Waals surface area contributed by atoms with Crippen LogP contribution in [0.1, 0.15) is 19.4 Å². The van der Waals surface area contributed by atoms with Gasteiger partial charge in [-0.15, -0.1) is 4.68 Å². The van der Waals surface area contributed by atoms with E-state index in [1.807, 2.05) is 55.9 Å². The summed E-state index contributed by atoms with van der Waals surface area (Å²) in [6, 6.07) is 13.9. The maximum absolute atomic E-state index is 12.9. The van der Waals surface area contributed by atoms with E-state index in [2.05, 4.69) is 4.99 Å². The number of hydrogen-bond acceptors (Lipinski definition) is 4. The highest BCUT2D eigenvalue weighted by Crippen LogP contribution is 2.26. The van der Waals surface area contributed by atoms with Crippen LogP contribution in [0.15, 0.2) is 53.5 Å². The topological polar surface area (TPSA) is 65.1 Å². The van der Waals surface area contributed by atoms with Gasteiger partial charge in [0.1, 0.15) is 5.69 Å². The average molecular weight is 352 g/mol. The van der Waals surface area contributed by atoms with Gasteiger partial charge in [0.2, 0.25) is 11.8 Å². The van der Waals surface area contributed by atoms with E-state index in [-0.39, 0.29) is 11.7 Å². The highest BCUT2D eigenvalue weighted by Gasteiger charge is 2.44. The minimum Gasteiger partial charge on any atom is -0.504 e. The molecule has 0 radical (unpaired) electrons. The first-order chi connectivity index (χ1) is 12.5. The smallest absolute Gasteiger partial charge is 0.318 e. The van der Waals surface area contributed by atoms with Gasteiger partial charge >= 0.3 is 5.91 Å². The fraction of sp³-hybridized carbons (Fsp3) is 0.250. The van der Waals surface area contributed by atoms with Crippen molar-refractivity contribution in [3.05, 3.63) is 54.1 Å². The highest BCUT2D eigenvalue weighted by atomic mass is 16.5. The summed E-state index contributed by atoms with van der Waals surface area (Å²) in [4.78, 5) is 17.3. The van der Waals surface area contributed by atoms with E-state index in [0.717, 1.165) is 17.0 Å². The van der Waals surface area contributed by atoms with Crippen LogP contribution < -0.4 is 9.75 Å². The summed E-state index contributed by atoms with van der Waals surface area (Å²) in [5, 5.41) is 11.4. The third kappa shape index (κ3) is 3.31. The molecule has 0 aliphatic carbocycles. The van der Waals surface area contributed by atoms with Crippen LogP contribution in [0.2, 0.25) is 0 Å². The van der Waals surface area contributed by atoms with E-state index >= 15 is 0 Å². The van der Waals surface area contributed by atoms with E-state index in [0.29, 0.717) is 12.4 Å². The van der Waals surface area contributed by atoms with E-state index in [4.69, 9.17) is 4.74 Å². The van der Waals surface area contributed by atoms with Crippen molar-refractivity contribution >= 4 is 23.5 Å². The lowest BCUT2D eigenvalue weighted by Crippen LogP contribution is -2.35. The number of ether oxygens (including phenoxy) is 1. The summed E-state index contributed by atoms with van der Waals surface area (Å²) in [6.07, 6.45) is 1.64. The Morgan fingerprint density at radius 3 is 2.69 bits per heavy atom. The summed E-state index contributed by atoms with van der Waals surface area (Å²) in [5.41, 5.74) is 2.41. The quantitative estimate of drug-likeness (QED) is 0.665. The van der Waals surface area contributed by atoms with E-state index in [9.17, 15) is 9.90 Å². The maximum Gasteiger partial charge on any atom is 0.318 e. The fourth-order valence-corrected chi connectivity index (χ4v) is 2.86. The van der Waals surface area contributed by atoms with Gasteiger partial charge in [-0.1, -0.05) is 23.2 Å². The van der Waals surface area contributed by atoms with E-state index in [1.165, 1.54) is 0 Å². The molecule has 1 aliphatic rings. The molecule has 6 nitrogen and oxygen atoms in total. The van der Waals surface area contributed by atoms with Crippen molar-refractivity contribution in [1.29, 1.82) is 0 Å². The van der Waals surface area contributed by atoms with Crippen molar-refractivity contribution in [3.8, 4) is 11.5 Å². The van der Waals surface area contributed by atoms with E-state index < -0.39 is 6.04 Å². The van der Waals surface area contributed by atoms with Crippen LogP contribution in [0.5, 0.6) is 11.5 Å². The lowest BCUT2D eigenvalue weighted by Gasteiger charge is -2.11. The Hall–Kier alpha value is -3.15. The van der Waals surface area contributed by atoms with Gasteiger partial charge < -0.3 is 9.84 Å². The summed E-state index contributed by atoms with van der Waals surface area (Å²) in [6.45, 7) is 4.20. The molecule has 0 unspecified atom stereocenters. The van der Waals surface area contributed by atoms with Crippen LogP contribution in [-0.2, 0) is 4.79 Å². The molecule has 1 aliphatic heterocycles. The van der Waals surface area contributed by atoms with Gasteiger partial charge in [-0.25, -0.2) is 0 Å². The number of benzene rings is 2. The number of amides is 1. The second kappa shape index (κ2) is 7.39. The molecule has 1 N–H and O–H groups in total. The molecule has 2 aromatic rings. The molecule has 134 valence electrons. The first kappa shape index (κ1) is 17.7. The SMILES string of the molecule is CCOc1cc(C=N[C@H]2C(=O)N(c3ccccc3)[N+](C)=C2C)ccc1O. The van der Waals surface area contributed by atoms with Gasteiger partial charge in [-0.05, 0) is 42.8 Å². The number of nitrogens with zero attached hydrogens (tertiary/aromatic N) is 3. The van der Waals surface area contributed by atoms with Crippen molar-refractivity contribution in [2.75, 3.05) is 18.7 Å². The Morgan fingerprint density at radius 1 is 1.27 bits per heavy atom. The second-order valence-electron chi connectivity index (χ2n) is 5.99. The molecule has 2 aromatic carbocycles. The Kier molecular flexibility index (Phi) is 5.02. The first-order valence-electron chi connectivity index (χ1n) is 8.48. The molecule has 0 spiro atoms. The number of phenolic OH excluding ortho intramolecular Hbond substituents is 1. The first-order valence-corrected chi connectivity index (χ1v) is 8.48. The van der Waals surface area contributed by atoms with Crippen LogP contribution in [0, 0.1) is 0 Å². The van der Waals surface area contributed by atoms with Gasteiger partial charge in [0.15, 0.2) is 18.5 Å². The summed E-state index contributed by atoms with van der Waals surface area (Å²) in [7, 11) is 1.85. The third-order valence-electron chi connectivity index (χ3n) is 4.31. The molecular formula is C20H22N3O3+. The predicted molar refractivity (Wildman–Crippen MR) is 101 cm³/mol. The summed E-state index contributed by atoms with van der Waals surface area (Å²) >= 11 is 0. The Morgan fingerprint density at radius 2 is 2.00 bits per heavy atom. The minimum absolute atomic E-state index is 0.0821. The van der Waals surface area contributed by atoms with Crippen LogP contribution in [0.3, 0.4) is 0 Å². The largest absolute Gasteiger partial charge is 0.504 e. The van der Waals surface area contributed by atoms with Crippen molar-refractivity contribution in [3.63, 3.8) is 0 Å². The molecule has 1 heterocycles. The number of hydrazone groups is 1. The zero-order valence-corrected chi connectivity index (χ0v) is 15.1. The molecular weight excluding hydrogens is 330 g/mol. The third-order valence-corrected chi connectivity index (χ3v) is 4.31. The molecule has 1 amide bonds. The molecule has 0 saturated heterocycles. The summed E-state index contributed by atoms with van der Waals surface area (Å²) < 4.78 is 7.20. The molecule has 0 fully saturated rings. The molecule has 1 atom stereocenters. The van der Waals surface area contributed by atoms with Gasteiger partial charge in [0, 0.05) is 13.1 Å². The Balaban J connectivity index is 1.85. The zero-order valence-electron chi connectivity index (χ0n) is 15.1. The van der Waals surface area contributed by atoms with Gasteiger partial charge in [-0.3, -0.25) is 9.79 Å². The molecule has 0 saturated carbocycles. The van der Waals surface area contributed by atoms with Crippen molar-refractivity contribution in [1.82, 2.24) is 0 Å².